The highest BCUT2D eigenvalue weighted by molar-refractivity contribution is 5.74. The maximum Gasteiger partial charge on any atom is 0.315 e. The number of carbonyl (C=O) groups excluding carboxylic acids is 1. The number of nitrogens with zero attached hydrogens (tertiary/aromatic N) is 2. The first-order chi connectivity index (χ1) is 8.52. The Bertz CT molecular complexity index is 386. The van der Waals surface area contributed by atoms with Gasteiger partial charge in [-0.2, -0.15) is 5.10 Å². The second kappa shape index (κ2) is 7.03. The van der Waals surface area contributed by atoms with Crippen molar-refractivity contribution in [2.75, 3.05) is 6.54 Å². The highest BCUT2D eigenvalue weighted by atomic mass is 16.2. The van der Waals surface area contributed by atoms with E-state index < -0.39 is 0 Å². The SMILES string of the molecule is CCCCNC(=O)N[C@H](C)Cn1nc(C)cc1C. The van der Waals surface area contributed by atoms with Crippen LogP contribution in [0.2, 0.25) is 0 Å². The minimum absolute atomic E-state index is 0.0598. The lowest BCUT2D eigenvalue weighted by Crippen LogP contribution is -2.43. The molecule has 1 rings (SSSR count). The first kappa shape index (κ1) is 14.5. The number of rotatable bonds is 6. The normalized spacial score (nSPS) is 12.2. The number of carbonyl (C=O) groups is 1. The molecule has 0 bridgehead atoms. The minimum Gasteiger partial charge on any atom is -0.338 e. The summed E-state index contributed by atoms with van der Waals surface area (Å²) in [7, 11) is 0. The lowest BCUT2D eigenvalue weighted by Gasteiger charge is -2.15. The van der Waals surface area contributed by atoms with Gasteiger partial charge in [-0.05, 0) is 33.3 Å². The first-order valence-corrected chi connectivity index (χ1v) is 6.58. The van der Waals surface area contributed by atoms with E-state index in [0.29, 0.717) is 6.54 Å². The van der Waals surface area contributed by atoms with E-state index in [1.807, 2.05) is 31.5 Å². The van der Waals surface area contributed by atoms with Crippen molar-refractivity contribution >= 4 is 6.03 Å². The molecular formula is C13H24N4O. The van der Waals surface area contributed by atoms with Crippen LogP contribution in [0.4, 0.5) is 4.79 Å². The zero-order valence-corrected chi connectivity index (χ0v) is 11.8. The van der Waals surface area contributed by atoms with Crippen LogP contribution in [0, 0.1) is 13.8 Å². The summed E-state index contributed by atoms with van der Waals surface area (Å²) < 4.78 is 1.92. The van der Waals surface area contributed by atoms with Crippen LogP contribution < -0.4 is 10.6 Å². The van der Waals surface area contributed by atoms with Gasteiger partial charge in [-0.15, -0.1) is 0 Å². The van der Waals surface area contributed by atoms with Crippen molar-refractivity contribution in [3.8, 4) is 0 Å². The number of hydrogen-bond acceptors (Lipinski definition) is 2. The van der Waals surface area contributed by atoms with Crippen LogP contribution in [-0.4, -0.2) is 28.4 Å². The van der Waals surface area contributed by atoms with Gasteiger partial charge in [0.1, 0.15) is 0 Å². The van der Waals surface area contributed by atoms with Gasteiger partial charge in [0.2, 0.25) is 0 Å². The van der Waals surface area contributed by atoms with E-state index in [-0.39, 0.29) is 12.1 Å². The quantitative estimate of drug-likeness (QED) is 0.761. The molecule has 0 fully saturated rings. The van der Waals surface area contributed by atoms with Gasteiger partial charge in [-0.3, -0.25) is 4.68 Å². The van der Waals surface area contributed by atoms with Crippen molar-refractivity contribution in [3.63, 3.8) is 0 Å². The molecule has 18 heavy (non-hydrogen) atoms. The summed E-state index contributed by atoms with van der Waals surface area (Å²) in [5.74, 6) is 0. The van der Waals surface area contributed by atoms with Gasteiger partial charge in [0, 0.05) is 18.3 Å². The number of urea groups is 1. The Labute approximate surface area is 109 Å². The molecule has 2 amide bonds. The lowest BCUT2D eigenvalue weighted by atomic mass is 10.3. The maximum absolute atomic E-state index is 11.6. The molecule has 5 heteroatoms. The van der Waals surface area contributed by atoms with Gasteiger partial charge >= 0.3 is 6.03 Å². The number of unbranched alkanes of at least 4 members (excludes halogenated alkanes) is 1. The van der Waals surface area contributed by atoms with Crippen LogP contribution in [0.5, 0.6) is 0 Å². The summed E-state index contributed by atoms with van der Waals surface area (Å²) in [6, 6.07) is 2.00. The highest BCUT2D eigenvalue weighted by Gasteiger charge is 2.09. The molecule has 0 aliphatic carbocycles. The van der Waals surface area contributed by atoms with E-state index in [0.717, 1.165) is 30.8 Å². The Morgan fingerprint density at radius 3 is 2.78 bits per heavy atom. The van der Waals surface area contributed by atoms with Crippen LogP contribution in [0.15, 0.2) is 6.07 Å². The van der Waals surface area contributed by atoms with Gasteiger partial charge < -0.3 is 10.6 Å². The van der Waals surface area contributed by atoms with E-state index in [1.165, 1.54) is 0 Å². The fourth-order valence-electron chi connectivity index (χ4n) is 1.82. The number of nitrogens with one attached hydrogen (secondary N) is 2. The third kappa shape index (κ3) is 4.77. The third-order valence-electron chi connectivity index (χ3n) is 2.74. The van der Waals surface area contributed by atoms with Gasteiger partial charge in [-0.25, -0.2) is 4.79 Å². The summed E-state index contributed by atoms with van der Waals surface area (Å²) in [5, 5.41) is 10.1. The molecule has 102 valence electrons. The standard InChI is InChI=1S/C13H24N4O/c1-5-6-7-14-13(18)15-11(3)9-17-12(4)8-10(2)16-17/h8,11H,5-7,9H2,1-4H3,(H2,14,15,18)/t11-/m1/s1. The van der Waals surface area contributed by atoms with Gasteiger partial charge in [-0.1, -0.05) is 13.3 Å². The second-order valence-electron chi connectivity index (χ2n) is 4.76. The summed E-state index contributed by atoms with van der Waals surface area (Å²) in [6.45, 7) is 9.50. The minimum atomic E-state index is -0.0996. The van der Waals surface area contributed by atoms with Crippen molar-refractivity contribution in [1.29, 1.82) is 0 Å². The third-order valence-corrected chi connectivity index (χ3v) is 2.74. The first-order valence-electron chi connectivity index (χ1n) is 6.58. The van der Waals surface area contributed by atoms with Gasteiger partial charge in [0.15, 0.2) is 0 Å². The Hall–Kier alpha value is -1.52. The molecule has 0 unspecified atom stereocenters. The van der Waals surface area contributed by atoms with Crippen molar-refractivity contribution < 1.29 is 4.79 Å². The van der Waals surface area contributed by atoms with Crippen molar-refractivity contribution in [3.05, 3.63) is 17.5 Å². The topological polar surface area (TPSA) is 59.0 Å². The largest absolute Gasteiger partial charge is 0.338 e. The molecular weight excluding hydrogens is 228 g/mol. The molecule has 1 heterocycles. The van der Waals surface area contributed by atoms with E-state index in [1.54, 1.807) is 0 Å². The molecule has 0 saturated carbocycles. The number of amides is 2. The van der Waals surface area contributed by atoms with Crippen LogP contribution in [0.1, 0.15) is 38.1 Å². The molecule has 0 spiro atoms. The fourth-order valence-corrected chi connectivity index (χ4v) is 1.82. The van der Waals surface area contributed by atoms with E-state index in [4.69, 9.17) is 0 Å². The zero-order valence-electron chi connectivity index (χ0n) is 11.8. The molecule has 1 aromatic rings. The van der Waals surface area contributed by atoms with Crippen molar-refractivity contribution in [2.24, 2.45) is 0 Å². The van der Waals surface area contributed by atoms with E-state index >= 15 is 0 Å². The molecule has 0 saturated heterocycles. The molecule has 2 N–H and O–H groups in total. The molecule has 0 radical (unpaired) electrons. The molecule has 5 nitrogen and oxygen atoms in total. The Morgan fingerprint density at radius 2 is 2.22 bits per heavy atom. The summed E-state index contributed by atoms with van der Waals surface area (Å²) >= 11 is 0. The number of aromatic nitrogens is 2. The van der Waals surface area contributed by atoms with Crippen molar-refractivity contribution in [2.45, 2.75) is 53.1 Å². The fraction of sp³-hybridized carbons (Fsp3) is 0.692. The summed E-state index contributed by atoms with van der Waals surface area (Å²) in [6.07, 6.45) is 2.10. The number of aryl methyl sites for hydroxylation is 2. The number of hydrogen-bond donors (Lipinski definition) is 2. The predicted molar refractivity (Wildman–Crippen MR) is 72.6 cm³/mol. The Balaban J connectivity index is 2.35. The van der Waals surface area contributed by atoms with Crippen LogP contribution >= 0.6 is 0 Å². The predicted octanol–water partition coefficient (Wildman–Crippen LogP) is 1.99. The highest BCUT2D eigenvalue weighted by Crippen LogP contribution is 2.02. The second-order valence-corrected chi connectivity index (χ2v) is 4.76. The maximum atomic E-state index is 11.6. The Kier molecular flexibility index (Phi) is 5.68. The van der Waals surface area contributed by atoms with Crippen LogP contribution in [0.3, 0.4) is 0 Å². The molecule has 1 atom stereocenters. The average Bonchev–Trinajstić information content (AvgIpc) is 2.57. The smallest absolute Gasteiger partial charge is 0.315 e. The summed E-state index contributed by atoms with van der Waals surface area (Å²) in [5.41, 5.74) is 2.12. The van der Waals surface area contributed by atoms with Crippen LogP contribution in [-0.2, 0) is 6.54 Å². The lowest BCUT2D eigenvalue weighted by molar-refractivity contribution is 0.236. The molecule has 0 aliphatic heterocycles. The monoisotopic (exact) mass is 252 g/mol. The molecule has 0 aliphatic rings. The van der Waals surface area contributed by atoms with E-state index in [9.17, 15) is 4.79 Å². The van der Waals surface area contributed by atoms with Gasteiger partial charge in [0.05, 0.1) is 12.2 Å². The summed E-state index contributed by atoms with van der Waals surface area (Å²) in [4.78, 5) is 11.6. The van der Waals surface area contributed by atoms with Crippen molar-refractivity contribution in [1.82, 2.24) is 20.4 Å². The zero-order chi connectivity index (χ0) is 13.5. The van der Waals surface area contributed by atoms with Crippen LogP contribution in [0.25, 0.3) is 0 Å². The van der Waals surface area contributed by atoms with Gasteiger partial charge in [0.25, 0.3) is 0 Å². The van der Waals surface area contributed by atoms with E-state index in [2.05, 4.69) is 22.7 Å². The average molecular weight is 252 g/mol. The Morgan fingerprint density at radius 1 is 1.50 bits per heavy atom. The molecule has 0 aromatic carbocycles. The molecule has 1 aromatic heterocycles.